The summed E-state index contributed by atoms with van der Waals surface area (Å²) >= 11 is 3.98. The van der Waals surface area contributed by atoms with Crippen LogP contribution < -0.4 is 0 Å². The van der Waals surface area contributed by atoms with E-state index in [9.17, 15) is 19.2 Å². The third-order valence-electron chi connectivity index (χ3n) is 5.29. The van der Waals surface area contributed by atoms with Gasteiger partial charge in [0.15, 0.2) is 11.4 Å². The van der Waals surface area contributed by atoms with Crippen LogP contribution in [0, 0.1) is 0 Å². The maximum atomic E-state index is 12.7. The minimum absolute atomic E-state index is 0.00456. The van der Waals surface area contributed by atoms with E-state index in [0.717, 1.165) is 46.6 Å². The number of aryl methyl sites for hydroxylation is 2. The summed E-state index contributed by atoms with van der Waals surface area (Å²) in [6, 6.07) is 0. The molecule has 0 unspecified atom stereocenters. The molecular formula is C23H26N10O8S4. The first kappa shape index (κ1) is 33.9. The van der Waals surface area contributed by atoms with Crippen LogP contribution in [0.3, 0.4) is 0 Å². The van der Waals surface area contributed by atoms with Crippen molar-refractivity contribution >= 4 is 70.5 Å². The summed E-state index contributed by atoms with van der Waals surface area (Å²) in [6.45, 7) is 7.67. The molecule has 0 aliphatic rings. The van der Waals surface area contributed by atoms with Crippen LogP contribution in [0.1, 0.15) is 76.1 Å². The molecule has 0 saturated heterocycles. The van der Waals surface area contributed by atoms with Gasteiger partial charge in [-0.05, 0) is 57.2 Å². The molecule has 0 N–H and O–H groups in total. The maximum absolute atomic E-state index is 12.7. The second-order valence-electron chi connectivity index (χ2n) is 8.19. The number of esters is 4. The predicted octanol–water partition coefficient (Wildman–Crippen LogP) is 2.67. The van der Waals surface area contributed by atoms with Gasteiger partial charge in [0.25, 0.3) is 0 Å². The fourth-order valence-electron chi connectivity index (χ4n) is 3.45. The zero-order chi connectivity index (χ0) is 32.3. The van der Waals surface area contributed by atoms with Crippen molar-refractivity contribution in [2.45, 2.75) is 65.7 Å². The van der Waals surface area contributed by atoms with Gasteiger partial charge in [0.1, 0.15) is 18.5 Å². The molecule has 240 valence electrons. The lowest BCUT2D eigenvalue weighted by Gasteiger charge is -2.09. The van der Waals surface area contributed by atoms with Gasteiger partial charge in [0, 0.05) is 13.1 Å². The van der Waals surface area contributed by atoms with E-state index in [1.807, 2.05) is 0 Å². The number of ether oxygens (including phenoxy) is 4. The molecule has 45 heavy (non-hydrogen) atoms. The van der Waals surface area contributed by atoms with Crippen LogP contribution in [0.2, 0.25) is 0 Å². The Morgan fingerprint density at radius 1 is 0.578 bits per heavy atom. The highest BCUT2D eigenvalue weighted by Crippen LogP contribution is 2.36. The molecule has 0 fully saturated rings. The topological polar surface area (TPSA) is 218 Å². The first-order chi connectivity index (χ1) is 21.8. The molecule has 4 aromatic heterocycles. The number of carbonyl (C=O) groups is 4. The minimum atomic E-state index is -0.689. The van der Waals surface area contributed by atoms with E-state index in [-0.39, 0.29) is 62.3 Å². The number of hydrogen-bond acceptors (Lipinski definition) is 20. The molecule has 22 heteroatoms. The molecule has 0 radical (unpaired) electrons. The summed E-state index contributed by atoms with van der Waals surface area (Å²) in [7, 11) is 0. The third kappa shape index (κ3) is 8.18. The standard InChI is InChI=1S/C23H26N10O8S4/c1-5-38-18(34)12-16(42-22-14(26-30-44-22)20(36)40-7-3)32(28-24-12)10-9-11-33-17(13(25-29-33)19(35)39-6-2)43-23-15(27-31-45-23)21(37)41-8-4/h5-11H2,1-4H3. The summed E-state index contributed by atoms with van der Waals surface area (Å²) in [5.41, 5.74) is -0.0819. The molecular weight excluding hydrogens is 673 g/mol. The van der Waals surface area contributed by atoms with Crippen LogP contribution in [0.25, 0.3) is 0 Å². The van der Waals surface area contributed by atoms with Crippen molar-refractivity contribution in [3.8, 4) is 0 Å². The van der Waals surface area contributed by atoms with Gasteiger partial charge in [0.2, 0.25) is 11.4 Å². The van der Waals surface area contributed by atoms with Crippen LogP contribution in [-0.4, -0.2) is 99.5 Å². The predicted molar refractivity (Wildman–Crippen MR) is 157 cm³/mol. The Kier molecular flexibility index (Phi) is 12.3. The summed E-state index contributed by atoms with van der Waals surface area (Å²) < 4.78 is 31.8. The van der Waals surface area contributed by atoms with E-state index in [2.05, 4.69) is 39.8 Å². The molecule has 0 amide bonds. The SMILES string of the molecule is CCOC(=O)c1nnsc1Sc1c(C(=O)OCC)nnn1CCCn1nnc(C(=O)OCC)c1Sc1snnc1C(=O)OCC. The molecule has 0 saturated carbocycles. The fraction of sp³-hybridized carbons (Fsp3) is 0.478. The Bertz CT molecular complexity index is 1530. The summed E-state index contributed by atoms with van der Waals surface area (Å²) in [4.78, 5) is 50.1. The summed E-state index contributed by atoms with van der Waals surface area (Å²) in [6.07, 6.45) is 0.371. The second kappa shape index (κ2) is 16.3. The van der Waals surface area contributed by atoms with Crippen LogP contribution in [-0.2, 0) is 32.0 Å². The van der Waals surface area contributed by atoms with Gasteiger partial charge in [0.05, 0.1) is 26.4 Å². The van der Waals surface area contributed by atoms with Gasteiger partial charge in [-0.25, -0.2) is 28.5 Å². The van der Waals surface area contributed by atoms with Gasteiger partial charge >= 0.3 is 23.9 Å². The molecule has 4 aromatic rings. The average molecular weight is 699 g/mol. The highest BCUT2D eigenvalue weighted by molar-refractivity contribution is 8.01. The van der Waals surface area contributed by atoms with E-state index in [1.54, 1.807) is 27.7 Å². The van der Waals surface area contributed by atoms with Crippen molar-refractivity contribution in [1.82, 2.24) is 49.2 Å². The van der Waals surface area contributed by atoms with E-state index < -0.39 is 23.9 Å². The van der Waals surface area contributed by atoms with Crippen molar-refractivity contribution in [3.63, 3.8) is 0 Å². The Labute approximate surface area is 271 Å². The van der Waals surface area contributed by atoms with Gasteiger partial charge in [-0.3, -0.25) is 0 Å². The molecule has 0 aromatic carbocycles. The first-order valence-corrected chi connectivity index (χ1v) is 16.6. The Morgan fingerprint density at radius 3 is 1.29 bits per heavy atom. The molecule has 4 heterocycles. The highest BCUT2D eigenvalue weighted by Gasteiger charge is 2.28. The zero-order valence-corrected chi connectivity index (χ0v) is 27.6. The summed E-state index contributed by atoms with van der Waals surface area (Å²) in [5, 5.41) is 24.6. The normalized spacial score (nSPS) is 10.9. The van der Waals surface area contributed by atoms with Gasteiger partial charge in [-0.15, -0.1) is 20.4 Å². The fourth-order valence-corrected chi connectivity index (χ4v) is 6.94. The van der Waals surface area contributed by atoms with E-state index in [1.165, 1.54) is 9.36 Å². The number of nitrogens with zero attached hydrogens (tertiary/aromatic N) is 10. The quantitative estimate of drug-likeness (QED) is 0.121. The lowest BCUT2D eigenvalue weighted by Crippen LogP contribution is -2.11. The van der Waals surface area contributed by atoms with Crippen LogP contribution in [0.15, 0.2) is 18.5 Å². The maximum Gasteiger partial charge on any atom is 0.361 e. The summed E-state index contributed by atoms with van der Waals surface area (Å²) in [5.74, 6) is -2.68. The smallest absolute Gasteiger partial charge is 0.361 e. The molecule has 4 rings (SSSR count). The molecule has 0 aliphatic carbocycles. The van der Waals surface area contributed by atoms with Crippen LogP contribution in [0.5, 0.6) is 0 Å². The number of carbonyl (C=O) groups excluding carboxylic acids is 4. The minimum Gasteiger partial charge on any atom is -0.461 e. The Hall–Kier alpha value is -4.02. The monoisotopic (exact) mass is 698 g/mol. The van der Waals surface area contributed by atoms with Crippen molar-refractivity contribution in [1.29, 1.82) is 0 Å². The van der Waals surface area contributed by atoms with Crippen molar-refractivity contribution < 1.29 is 38.1 Å². The average Bonchev–Trinajstić information content (AvgIpc) is 3.82. The van der Waals surface area contributed by atoms with Crippen LogP contribution in [0.4, 0.5) is 0 Å². The lowest BCUT2D eigenvalue weighted by atomic mass is 10.4. The van der Waals surface area contributed by atoms with Gasteiger partial charge in [-0.2, -0.15) is 0 Å². The molecule has 0 spiro atoms. The number of rotatable bonds is 16. The van der Waals surface area contributed by atoms with Crippen LogP contribution >= 0.6 is 46.6 Å². The van der Waals surface area contributed by atoms with E-state index in [0.29, 0.717) is 24.9 Å². The molecule has 18 nitrogen and oxygen atoms in total. The largest absolute Gasteiger partial charge is 0.461 e. The van der Waals surface area contributed by atoms with Gasteiger partial charge in [-0.1, -0.05) is 42.9 Å². The highest BCUT2D eigenvalue weighted by atomic mass is 32.2. The lowest BCUT2D eigenvalue weighted by molar-refractivity contribution is 0.0505. The Morgan fingerprint density at radius 2 is 0.933 bits per heavy atom. The Balaban J connectivity index is 1.58. The number of hydrogen-bond donors (Lipinski definition) is 0. The number of aromatic nitrogens is 10. The molecule has 0 bridgehead atoms. The van der Waals surface area contributed by atoms with Crippen molar-refractivity contribution in [2.75, 3.05) is 26.4 Å². The van der Waals surface area contributed by atoms with Gasteiger partial charge < -0.3 is 18.9 Å². The second-order valence-corrected chi connectivity index (χ2v) is 12.2. The third-order valence-corrected chi connectivity index (χ3v) is 9.23. The van der Waals surface area contributed by atoms with E-state index in [4.69, 9.17) is 18.9 Å². The van der Waals surface area contributed by atoms with Crippen molar-refractivity contribution in [2.24, 2.45) is 0 Å². The molecule has 0 aliphatic heterocycles. The zero-order valence-electron chi connectivity index (χ0n) is 24.3. The van der Waals surface area contributed by atoms with Crippen molar-refractivity contribution in [3.05, 3.63) is 22.8 Å². The van der Waals surface area contributed by atoms with E-state index >= 15 is 0 Å². The first-order valence-electron chi connectivity index (χ1n) is 13.4. The molecule has 0 atom stereocenters.